The molecule has 0 aliphatic carbocycles. The molecule has 0 heterocycles. The van der Waals surface area contributed by atoms with Gasteiger partial charge in [-0.3, -0.25) is 15.5 Å². The first-order chi connectivity index (χ1) is 13.8. The van der Waals surface area contributed by atoms with E-state index in [1.807, 2.05) is 54.6 Å². The molecule has 3 aromatic carbocycles. The van der Waals surface area contributed by atoms with Crippen molar-refractivity contribution in [3.8, 4) is 11.1 Å². The molecule has 3 N–H and O–H groups in total. The van der Waals surface area contributed by atoms with Crippen LogP contribution in [-0.4, -0.2) is 19.1 Å². The zero-order chi connectivity index (χ0) is 21.0. The number of nitrogens with one attached hydrogen (secondary N) is 1. The van der Waals surface area contributed by atoms with Crippen molar-refractivity contribution in [3.63, 3.8) is 0 Å². The second kappa shape index (κ2) is 8.21. The van der Waals surface area contributed by atoms with Crippen LogP contribution in [0.3, 0.4) is 0 Å². The van der Waals surface area contributed by atoms with Gasteiger partial charge < -0.3 is 0 Å². The van der Waals surface area contributed by atoms with Crippen LogP contribution >= 0.6 is 0 Å². The number of benzene rings is 3. The molecule has 0 aromatic heterocycles. The number of primary sulfonamides is 1. The second-order valence-corrected chi connectivity index (χ2v) is 7.79. The summed E-state index contributed by atoms with van der Waals surface area (Å²) in [6, 6.07) is 21.0. The van der Waals surface area contributed by atoms with E-state index in [1.165, 1.54) is 12.1 Å². The molecule has 0 bridgehead atoms. The molecule has 0 saturated heterocycles. The maximum atomic E-state index is 11.4. The number of nitrogens with two attached hydrogens (primary N) is 1. The lowest BCUT2D eigenvalue weighted by Crippen LogP contribution is -2.12. The minimum absolute atomic E-state index is 0.0580. The number of nitrogens with zero attached hydrogens (tertiary/aromatic N) is 2. The zero-order valence-corrected chi connectivity index (χ0v) is 16.3. The van der Waals surface area contributed by atoms with Crippen molar-refractivity contribution >= 4 is 27.1 Å². The first kappa shape index (κ1) is 20.2. The molecular weight excluding hydrogens is 392 g/mol. The molecule has 148 valence electrons. The molecule has 8 nitrogen and oxygen atoms in total. The molecule has 0 aliphatic heterocycles. The van der Waals surface area contributed by atoms with Crippen molar-refractivity contribution in [2.75, 3.05) is 5.43 Å². The standard InChI is InChI=1S/C20H18N4O4S/c1-14(15-7-9-17(10-8-15)16-5-3-2-4-6-16)22-23-19-12-11-18(29(21,27)28)13-20(19)24(25)26/h2-13,23H,1H3,(H2,21,27,28). The van der Waals surface area contributed by atoms with Crippen LogP contribution in [0.25, 0.3) is 11.1 Å². The SMILES string of the molecule is CC(=NNc1ccc(S(N)(=O)=O)cc1[N+](=O)[O-])c1ccc(-c2ccccc2)cc1. The number of anilines is 1. The van der Waals surface area contributed by atoms with Gasteiger partial charge in [0.15, 0.2) is 0 Å². The Balaban J connectivity index is 1.83. The second-order valence-electron chi connectivity index (χ2n) is 6.23. The number of rotatable bonds is 6. The summed E-state index contributed by atoms with van der Waals surface area (Å²) in [4.78, 5) is 10.2. The Morgan fingerprint density at radius 3 is 2.21 bits per heavy atom. The first-order valence-corrected chi connectivity index (χ1v) is 10.1. The molecule has 0 spiro atoms. The Morgan fingerprint density at radius 1 is 1.00 bits per heavy atom. The van der Waals surface area contributed by atoms with Gasteiger partial charge in [0.05, 0.1) is 15.5 Å². The minimum Gasteiger partial charge on any atom is -0.271 e. The Hall–Kier alpha value is -3.56. The highest BCUT2D eigenvalue weighted by Gasteiger charge is 2.19. The largest absolute Gasteiger partial charge is 0.295 e. The van der Waals surface area contributed by atoms with Crippen LogP contribution in [0.4, 0.5) is 11.4 Å². The fourth-order valence-electron chi connectivity index (χ4n) is 2.68. The molecule has 29 heavy (non-hydrogen) atoms. The summed E-state index contributed by atoms with van der Waals surface area (Å²) in [6.07, 6.45) is 0. The average Bonchev–Trinajstić information content (AvgIpc) is 2.72. The van der Waals surface area contributed by atoms with E-state index in [2.05, 4.69) is 10.5 Å². The zero-order valence-electron chi connectivity index (χ0n) is 15.4. The van der Waals surface area contributed by atoms with Crippen molar-refractivity contribution in [3.05, 3.63) is 88.5 Å². The summed E-state index contributed by atoms with van der Waals surface area (Å²) in [6.45, 7) is 1.76. The maximum Gasteiger partial charge on any atom is 0.295 e. The number of hydrogen-bond donors (Lipinski definition) is 2. The predicted molar refractivity (Wildman–Crippen MR) is 112 cm³/mol. The van der Waals surface area contributed by atoms with E-state index < -0.39 is 20.6 Å². The lowest BCUT2D eigenvalue weighted by atomic mass is 10.0. The van der Waals surface area contributed by atoms with Gasteiger partial charge in [0.25, 0.3) is 5.69 Å². The lowest BCUT2D eigenvalue weighted by Gasteiger charge is -2.07. The number of hydrogen-bond acceptors (Lipinski definition) is 6. The molecule has 9 heteroatoms. The molecule has 0 radical (unpaired) electrons. The highest BCUT2D eigenvalue weighted by molar-refractivity contribution is 7.89. The third-order valence-corrected chi connectivity index (χ3v) is 5.16. The summed E-state index contributed by atoms with van der Waals surface area (Å²) < 4.78 is 22.8. The van der Waals surface area contributed by atoms with Gasteiger partial charge in [-0.05, 0) is 35.7 Å². The average molecular weight is 410 g/mol. The molecule has 0 unspecified atom stereocenters. The molecule has 3 rings (SSSR count). The Bertz CT molecular complexity index is 1170. The summed E-state index contributed by atoms with van der Waals surface area (Å²) in [5.41, 5.74) is 5.84. The number of nitro groups is 1. The fraction of sp³-hybridized carbons (Fsp3) is 0.0500. The van der Waals surface area contributed by atoms with Gasteiger partial charge in [-0.25, -0.2) is 13.6 Å². The van der Waals surface area contributed by atoms with Crippen LogP contribution < -0.4 is 10.6 Å². The highest BCUT2D eigenvalue weighted by atomic mass is 32.2. The van der Waals surface area contributed by atoms with Crippen molar-refractivity contribution in [2.45, 2.75) is 11.8 Å². The summed E-state index contributed by atoms with van der Waals surface area (Å²) >= 11 is 0. The van der Waals surface area contributed by atoms with Crippen LogP contribution in [-0.2, 0) is 10.0 Å². The number of hydrazone groups is 1. The van der Waals surface area contributed by atoms with Crippen molar-refractivity contribution in [1.29, 1.82) is 0 Å². The van der Waals surface area contributed by atoms with Gasteiger partial charge in [-0.2, -0.15) is 5.10 Å². The van der Waals surface area contributed by atoms with E-state index in [4.69, 9.17) is 5.14 Å². The van der Waals surface area contributed by atoms with E-state index in [9.17, 15) is 18.5 Å². The number of sulfonamides is 1. The van der Waals surface area contributed by atoms with Crippen molar-refractivity contribution in [2.24, 2.45) is 10.2 Å². The topological polar surface area (TPSA) is 128 Å². The third-order valence-electron chi connectivity index (χ3n) is 4.25. The van der Waals surface area contributed by atoms with Gasteiger partial charge in [-0.15, -0.1) is 0 Å². The van der Waals surface area contributed by atoms with Gasteiger partial charge in [0.1, 0.15) is 5.69 Å². The van der Waals surface area contributed by atoms with E-state index in [-0.39, 0.29) is 10.6 Å². The van der Waals surface area contributed by atoms with Crippen LogP contribution in [0.2, 0.25) is 0 Å². The normalized spacial score (nSPS) is 11.9. The van der Waals surface area contributed by atoms with E-state index in [1.54, 1.807) is 6.92 Å². The van der Waals surface area contributed by atoms with Crippen LogP contribution in [0.15, 0.2) is 82.8 Å². The molecule has 0 atom stereocenters. The molecule has 0 saturated carbocycles. The Kier molecular flexibility index (Phi) is 5.71. The van der Waals surface area contributed by atoms with Crippen molar-refractivity contribution in [1.82, 2.24) is 0 Å². The van der Waals surface area contributed by atoms with Gasteiger partial charge in [-0.1, -0.05) is 54.6 Å². The summed E-state index contributed by atoms with van der Waals surface area (Å²) in [7, 11) is -4.04. The fourth-order valence-corrected chi connectivity index (χ4v) is 3.21. The Labute approximate surface area is 167 Å². The van der Waals surface area contributed by atoms with Crippen LogP contribution in [0.1, 0.15) is 12.5 Å². The third kappa shape index (κ3) is 4.84. The lowest BCUT2D eigenvalue weighted by molar-refractivity contribution is -0.384. The molecule has 3 aromatic rings. The molecule has 0 aliphatic rings. The molecular formula is C20H18N4O4S. The van der Waals surface area contributed by atoms with Crippen LogP contribution in [0.5, 0.6) is 0 Å². The highest BCUT2D eigenvalue weighted by Crippen LogP contribution is 2.27. The number of nitro benzene ring substituents is 1. The van der Waals surface area contributed by atoms with E-state index in [0.29, 0.717) is 5.71 Å². The van der Waals surface area contributed by atoms with Crippen LogP contribution in [0, 0.1) is 10.1 Å². The predicted octanol–water partition coefficient (Wildman–Crippen LogP) is 3.75. The first-order valence-electron chi connectivity index (χ1n) is 8.53. The quantitative estimate of drug-likeness (QED) is 0.363. The van der Waals surface area contributed by atoms with Crippen molar-refractivity contribution < 1.29 is 13.3 Å². The Morgan fingerprint density at radius 2 is 1.62 bits per heavy atom. The van der Waals surface area contributed by atoms with Gasteiger partial charge in [0, 0.05) is 6.07 Å². The molecule has 0 fully saturated rings. The molecule has 0 amide bonds. The van der Waals surface area contributed by atoms with Gasteiger partial charge >= 0.3 is 0 Å². The monoisotopic (exact) mass is 410 g/mol. The maximum absolute atomic E-state index is 11.4. The van der Waals surface area contributed by atoms with E-state index >= 15 is 0 Å². The van der Waals surface area contributed by atoms with E-state index in [0.717, 1.165) is 22.8 Å². The smallest absolute Gasteiger partial charge is 0.271 e. The summed E-state index contributed by atoms with van der Waals surface area (Å²) in [5, 5.41) is 20.5. The van der Waals surface area contributed by atoms with Gasteiger partial charge in [0.2, 0.25) is 10.0 Å². The summed E-state index contributed by atoms with van der Waals surface area (Å²) in [5.74, 6) is 0. The minimum atomic E-state index is -4.04.